The molecule has 2 rings (SSSR count). The van der Waals surface area contributed by atoms with Crippen molar-refractivity contribution in [2.24, 2.45) is 11.3 Å². The van der Waals surface area contributed by atoms with Gasteiger partial charge in [0.25, 0.3) is 0 Å². The van der Waals surface area contributed by atoms with Gasteiger partial charge in [-0.25, -0.2) is 0 Å². The van der Waals surface area contributed by atoms with Crippen LogP contribution in [0.1, 0.15) is 47.0 Å². The van der Waals surface area contributed by atoms with Crippen molar-refractivity contribution in [2.75, 3.05) is 6.61 Å². The standard InChI is InChI=1S/C13H25NO/c1-9(2)7-10-8-15-12-11(14-10)5-6-13(12,3)4/h9-12,14H,5-8H2,1-4H3. The Morgan fingerprint density at radius 1 is 1.40 bits per heavy atom. The first-order valence-corrected chi connectivity index (χ1v) is 6.36. The van der Waals surface area contributed by atoms with Crippen molar-refractivity contribution in [3.05, 3.63) is 0 Å². The van der Waals surface area contributed by atoms with Gasteiger partial charge in [0.2, 0.25) is 0 Å². The van der Waals surface area contributed by atoms with Gasteiger partial charge in [-0.1, -0.05) is 27.7 Å². The van der Waals surface area contributed by atoms with Crippen LogP contribution in [0.25, 0.3) is 0 Å². The van der Waals surface area contributed by atoms with E-state index in [9.17, 15) is 0 Å². The van der Waals surface area contributed by atoms with E-state index < -0.39 is 0 Å². The fraction of sp³-hybridized carbons (Fsp3) is 1.00. The van der Waals surface area contributed by atoms with Crippen LogP contribution in [-0.4, -0.2) is 24.8 Å². The SMILES string of the molecule is CC(C)CC1COC2C(CCC2(C)C)N1. The lowest BCUT2D eigenvalue weighted by atomic mass is 9.87. The molecule has 0 aromatic carbocycles. The maximum atomic E-state index is 6.07. The molecule has 1 aliphatic heterocycles. The van der Waals surface area contributed by atoms with Crippen LogP contribution in [-0.2, 0) is 4.74 Å². The Labute approximate surface area is 93.8 Å². The molecular formula is C13H25NO. The fourth-order valence-electron chi connectivity index (χ4n) is 3.15. The predicted octanol–water partition coefficient (Wildman–Crippen LogP) is 2.58. The topological polar surface area (TPSA) is 21.3 Å². The molecule has 0 amide bonds. The molecular weight excluding hydrogens is 186 g/mol. The van der Waals surface area contributed by atoms with Gasteiger partial charge in [0, 0.05) is 12.1 Å². The summed E-state index contributed by atoms with van der Waals surface area (Å²) in [6.45, 7) is 10.1. The molecule has 2 aliphatic rings. The lowest BCUT2D eigenvalue weighted by Crippen LogP contribution is -2.54. The van der Waals surface area contributed by atoms with Gasteiger partial charge < -0.3 is 10.1 Å². The van der Waals surface area contributed by atoms with Crippen LogP contribution in [0.5, 0.6) is 0 Å². The number of ether oxygens (including phenoxy) is 1. The maximum Gasteiger partial charge on any atom is 0.0779 e. The van der Waals surface area contributed by atoms with Crippen LogP contribution in [0.15, 0.2) is 0 Å². The van der Waals surface area contributed by atoms with Gasteiger partial charge in [-0.05, 0) is 30.6 Å². The molecule has 2 nitrogen and oxygen atoms in total. The van der Waals surface area contributed by atoms with Crippen LogP contribution in [0.3, 0.4) is 0 Å². The van der Waals surface area contributed by atoms with E-state index in [1.165, 1.54) is 19.3 Å². The van der Waals surface area contributed by atoms with Crippen LogP contribution in [0.2, 0.25) is 0 Å². The van der Waals surface area contributed by atoms with Crippen molar-refractivity contribution in [3.8, 4) is 0 Å². The van der Waals surface area contributed by atoms with Crippen molar-refractivity contribution < 1.29 is 4.74 Å². The van der Waals surface area contributed by atoms with Gasteiger partial charge in [-0.2, -0.15) is 0 Å². The molecule has 3 unspecified atom stereocenters. The van der Waals surface area contributed by atoms with Crippen molar-refractivity contribution in [1.82, 2.24) is 5.32 Å². The van der Waals surface area contributed by atoms with E-state index in [2.05, 4.69) is 33.0 Å². The zero-order valence-electron chi connectivity index (χ0n) is 10.5. The first kappa shape index (κ1) is 11.4. The van der Waals surface area contributed by atoms with Gasteiger partial charge in [0.05, 0.1) is 12.7 Å². The average Bonchev–Trinajstić information content (AvgIpc) is 2.41. The minimum absolute atomic E-state index is 0.375. The zero-order chi connectivity index (χ0) is 11.1. The first-order chi connectivity index (χ1) is 6.99. The van der Waals surface area contributed by atoms with Gasteiger partial charge in [-0.15, -0.1) is 0 Å². The minimum atomic E-state index is 0.375. The molecule has 15 heavy (non-hydrogen) atoms. The van der Waals surface area contributed by atoms with E-state index in [1.807, 2.05) is 0 Å². The number of nitrogens with one attached hydrogen (secondary N) is 1. The summed E-state index contributed by atoms with van der Waals surface area (Å²) < 4.78 is 6.07. The van der Waals surface area contributed by atoms with Gasteiger partial charge in [0.15, 0.2) is 0 Å². The second-order valence-corrected chi connectivity index (χ2v) is 6.38. The quantitative estimate of drug-likeness (QED) is 0.758. The Hall–Kier alpha value is -0.0800. The van der Waals surface area contributed by atoms with Crippen LogP contribution in [0, 0.1) is 11.3 Å². The van der Waals surface area contributed by atoms with E-state index in [1.54, 1.807) is 0 Å². The zero-order valence-corrected chi connectivity index (χ0v) is 10.5. The smallest absolute Gasteiger partial charge is 0.0779 e. The lowest BCUT2D eigenvalue weighted by Gasteiger charge is -2.39. The molecule has 1 aliphatic carbocycles. The van der Waals surface area contributed by atoms with Crippen molar-refractivity contribution in [3.63, 3.8) is 0 Å². The molecule has 0 aromatic rings. The molecule has 0 spiro atoms. The highest BCUT2D eigenvalue weighted by molar-refractivity contribution is 5.00. The van der Waals surface area contributed by atoms with E-state index in [4.69, 9.17) is 4.74 Å². The van der Waals surface area contributed by atoms with Crippen LogP contribution < -0.4 is 5.32 Å². The summed E-state index contributed by atoms with van der Waals surface area (Å²) in [5.41, 5.74) is 0.375. The van der Waals surface area contributed by atoms with Gasteiger partial charge in [0.1, 0.15) is 0 Å². The average molecular weight is 211 g/mol. The highest BCUT2D eigenvalue weighted by atomic mass is 16.5. The number of hydrogen-bond acceptors (Lipinski definition) is 2. The van der Waals surface area contributed by atoms with Crippen molar-refractivity contribution in [1.29, 1.82) is 0 Å². The molecule has 1 saturated heterocycles. The Morgan fingerprint density at radius 3 is 2.80 bits per heavy atom. The summed E-state index contributed by atoms with van der Waals surface area (Å²) in [4.78, 5) is 0. The summed E-state index contributed by atoms with van der Waals surface area (Å²) in [6.07, 6.45) is 4.26. The van der Waals surface area contributed by atoms with Gasteiger partial charge >= 0.3 is 0 Å². The van der Waals surface area contributed by atoms with E-state index >= 15 is 0 Å². The lowest BCUT2D eigenvalue weighted by molar-refractivity contribution is -0.0634. The Kier molecular flexibility index (Phi) is 3.09. The summed E-state index contributed by atoms with van der Waals surface area (Å²) >= 11 is 0. The monoisotopic (exact) mass is 211 g/mol. The highest BCUT2D eigenvalue weighted by Crippen LogP contribution is 2.41. The molecule has 88 valence electrons. The number of morpholine rings is 1. The summed E-state index contributed by atoms with van der Waals surface area (Å²) in [5, 5.41) is 3.78. The molecule has 0 radical (unpaired) electrons. The summed E-state index contributed by atoms with van der Waals surface area (Å²) in [5.74, 6) is 0.761. The van der Waals surface area contributed by atoms with E-state index in [0.29, 0.717) is 23.6 Å². The van der Waals surface area contributed by atoms with Crippen molar-refractivity contribution >= 4 is 0 Å². The third-order valence-electron chi connectivity index (χ3n) is 3.92. The molecule has 1 heterocycles. The summed E-state index contributed by atoms with van der Waals surface area (Å²) in [6, 6.07) is 1.19. The molecule has 1 saturated carbocycles. The van der Waals surface area contributed by atoms with Crippen molar-refractivity contribution in [2.45, 2.75) is 65.1 Å². The molecule has 0 bridgehead atoms. The Balaban J connectivity index is 1.92. The molecule has 3 atom stereocenters. The molecule has 2 fully saturated rings. The predicted molar refractivity (Wildman–Crippen MR) is 62.9 cm³/mol. The second-order valence-electron chi connectivity index (χ2n) is 6.38. The second kappa shape index (κ2) is 4.06. The first-order valence-electron chi connectivity index (χ1n) is 6.36. The fourth-order valence-corrected chi connectivity index (χ4v) is 3.15. The minimum Gasteiger partial charge on any atom is -0.374 e. The Morgan fingerprint density at radius 2 is 2.13 bits per heavy atom. The summed E-state index contributed by atoms with van der Waals surface area (Å²) in [7, 11) is 0. The number of fused-ring (bicyclic) bond motifs is 1. The maximum absolute atomic E-state index is 6.07. The number of rotatable bonds is 2. The molecule has 1 N–H and O–H groups in total. The van der Waals surface area contributed by atoms with E-state index in [-0.39, 0.29) is 0 Å². The highest BCUT2D eigenvalue weighted by Gasteiger charge is 2.45. The number of hydrogen-bond donors (Lipinski definition) is 1. The van der Waals surface area contributed by atoms with E-state index in [0.717, 1.165) is 12.5 Å². The van der Waals surface area contributed by atoms with Crippen LogP contribution >= 0.6 is 0 Å². The molecule has 2 heteroatoms. The third-order valence-corrected chi connectivity index (χ3v) is 3.92. The Bertz CT molecular complexity index is 225. The third kappa shape index (κ3) is 2.36. The largest absolute Gasteiger partial charge is 0.374 e. The normalized spacial score (nSPS) is 39.4. The molecule has 0 aromatic heterocycles. The van der Waals surface area contributed by atoms with Gasteiger partial charge in [-0.3, -0.25) is 0 Å². The van der Waals surface area contributed by atoms with Crippen LogP contribution in [0.4, 0.5) is 0 Å².